The first-order chi connectivity index (χ1) is 19.5. The van der Waals surface area contributed by atoms with Gasteiger partial charge in [-0.05, 0) is 30.4 Å². The molecule has 3 rings (SSSR count). The van der Waals surface area contributed by atoms with Crippen molar-refractivity contribution < 1.29 is 28.7 Å². The minimum Gasteiger partial charge on any atom is -0.461 e. The van der Waals surface area contributed by atoms with Gasteiger partial charge < -0.3 is 25.0 Å². The Balaban J connectivity index is 1.44. The quantitative estimate of drug-likeness (QED) is 0.244. The van der Waals surface area contributed by atoms with Crippen LogP contribution in [0.25, 0.3) is 0 Å². The maximum Gasteiger partial charge on any atom is 0.306 e. The second-order valence-corrected chi connectivity index (χ2v) is 9.99. The van der Waals surface area contributed by atoms with Crippen LogP contribution in [0, 0.1) is 0 Å². The summed E-state index contributed by atoms with van der Waals surface area (Å²) in [5.41, 5.74) is 1.95. The zero-order valence-electron chi connectivity index (χ0n) is 23.3. The molecule has 1 heterocycles. The number of ether oxygens (including phenoxy) is 2. The Hall–Kier alpha value is -3.72. The molecule has 1 unspecified atom stereocenters. The molecule has 0 bridgehead atoms. The predicted molar refractivity (Wildman–Crippen MR) is 151 cm³/mol. The maximum absolute atomic E-state index is 13.1. The van der Waals surface area contributed by atoms with E-state index < -0.39 is 6.04 Å². The van der Waals surface area contributed by atoms with Crippen LogP contribution in [0.15, 0.2) is 60.7 Å². The molecule has 216 valence electrons. The highest BCUT2D eigenvalue weighted by molar-refractivity contribution is 5.90. The first kappa shape index (κ1) is 30.8. The molecule has 1 saturated heterocycles. The van der Waals surface area contributed by atoms with Crippen molar-refractivity contribution >= 4 is 23.7 Å². The third kappa shape index (κ3) is 10.8. The molecule has 1 aliphatic rings. The fourth-order valence-electron chi connectivity index (χ4n) is 4.47. The summed E-state index contributed by atoms with van der Waals surface area (Å²) in [6.45, 7) is 3.14. The smallest absolute Gasteiger partial charge is 0.306 e. The van der Waals surface area contributed by atoms with Gasteiger partial charge in [-0.1, -0.05) is 74.0 Å². The van der Waals surface area contributed by atoms with E-state index in [1.165, 1.54) is 4.90 Å². The molecule has 3 amide bonds. The minimum absolute atomic E-state index is 0.150. The van der Waals surface area contributed by atoms with Crippen LogP contribution in [0.4, 0.5) is 0 Å². The zero-order chi connectivity index (χ0) is 28.6. The fraction of sp³-hybridized carbons (Fsp3) is 0.484. The Morgan fingerprint density at radius 2 is 1.52 bits per heavy atom. The van der Waals surface area contributed by atoms with Crippen molar-refractivity contribution in [1.29, 1.82) is 0 Å². The summed E-state index contributed by atoms with van der Waals surface area (Å²) >= 11 is 0. The van der Waals surface area contributed by atoms with Crippen molar-refractivity contribution in [2.45, 2.75) is 77.2 Å². The number of esters is 1. The van der Waals surface area contributed by atoms with Crippen molar-refractivity contribution in [3.05, 3.63) is 71.8 Å². The molecule has 9 nitrogen and oxygen atoms in total. The Morgan fingerprint density at radius 3 is 2.20 bits per heavy atom. The number of benzene rings is 2. The summed E-state index contributed by atoms with van der Waals surface area (Å²) in [6.07, 6.45) is 3.55. The van der Waals surface area contributed by atoms with Gasteiger partial charge in [0.2, 0.25) is 17.7 Å². The third-order valence-electron chi connectivity index (χ3n) is 6.76. The van der Waals surface area contributed by atoms with Crippen LogP contribution < -0.4 is 10.6 Å². The van der Waals surface area contributed by atoms with Crippen molar-refractivity contribution in [3.63, 3.8) is 0 Å². The third-order valence-corrected chi connectivity index (χ3v) is 6.76. The number of carbonyl (C=O) groups is 4. The van der Waals surface area contributed by atoms with Crippen LogP contribution in [0.3, 0.4) is 0 Å². The second kappa shape index (κ2) is 17.1. The summed E-state index contributed by atoms with van der Waals surface area (Å²) < 4.78 is 11.3. The fourth-order valence-corrected chi connectivity index (χ4v) is 4.47. The van der Waals surface area contributed by atoms with E-state index in [0.717, 1.165) is 24.0 Å². The lowest BCUT2D eigenvalue weighted by molar-refractivity contribution is -0.145. The normalized spacial score (nSPS) is 16.4. The molecule has 9 heteroatoms. The molecule has 2 atom stereocenters. The van der Waals surface area contributed by atoms with Crippen LogP contribution in [0.5, 0.6) is 0 Å². The predicted octanol–water partition coefficient (Wildman–Crippen LogP) is 3.51. The lowest BCUT2D eigenvalue weighted by Crippen LogP contribution is -2.49. The van der Waals surface area contributed by atoms with Crippen LogP contribution in [-0.2, 0) is 41.9 Å². The van der Waals surface area contributed by atoms with Gasteiger partial charge in [-0.3, -0.25) is 19.2 Å². The summed E-state index contributed by atoms with van der Waals surface area (Å²) in [7, 11) is 0. The number of nitrogens with one attached hydrogen (secondary N) is 2. The molecular weight excluding hydrogens is 510 g/mol. The molecular formula is C31H41N3O6. The SMILES string of the molecule is CCCCC(=O)NCC(=O)N1CC(OCc2ccccc2)C[C@H]1C(=O)NCCCCC(=O)OCc1ccccc1. The van der Waals surface area contributed by atoms with Gasteiger partial charge in [0, 0.05) is 32.4 Å². The van der Waals surface area contributed by atoms with Crippen molar-refractivity contribution in [1.82, 2.24) is 15.5 Å². The van der Waals surface area contributed by atoms with E-state index in [4.69, 9.17) is 9.47 Å². The van der Waals surface area contributed by atoms with Crippen molar-refractivity contribution in [2.24, 2.45) is 0 Å². The Labute approximate surface area is 236 Å². The van der Waals surface area contributed by atoms with Crippen LogP contribution in [0.2, 0.25) is 0 Å². The summed E-state index contributed by atoms with van der Waals surface area (Å²) in [5.74, 6) is -1.02. The standard InChI is InChI=1S/C31H41N3O6/c1-2-3-16-28(35)33-20-29(36)34-21-26(39-22-24-12-6-4-7-13-24)19-27(34)31(38)32-18-11-10-17-30(37)40-23-25-14-8-5-9-15-25/h4-9,12-15,26-27H,2-3,10-11,16-23H2,1H3,(H,32,38)(H,33,35)/t26?,27-/m0/s1. The molecule has 40 heavy (non-hydrogen) atoms. The summed E-state index contributed by atoms with van der Waals surface area (Å²) in [4.78, 5) is 51.6. The van der Waals surface area contributed by atoms with Gasteiger partial charge in [-0.25, -0.2) is 0 Å². The Morgan fingerprint density at radius 1 is 0.850 bits per heavy atom. The van der Waals surface area contributed by atoms with E-state index in [-0.39, 0.29) is 55.9 Å². The molecule has 0 aliphatic carbocycles. The van der Waals surface area contributed by atoms with E-state index in [2.05, 4.69) is 10.6 Å². The maximum atomic E-state index is 13.1. The van der Waals surface area contributed by atoms with E-state index in [1.54, 1.807) is 0 Å². The van der Waals surface area contributed by atoms with Crippen LogP contribution in [0.1, 0.15) is 63.0 Å². The summed E-state index contributed by atoms with van der Waals surface area (Å²) in [5, 5.41) is 5.57. The van der Waals surface area contributed by atoms with E-state index in [0.29, 0.717) is 38.8 Å². The Bertz CT molecular complexity index is 1080. The van der Waals surface area contributed by atoms with Crippen molar-refractivity contribution in [2.75, 3.05) is 19.6 Å². The number of nitrogens with zero attached hydrogens (tertiary/aromatic N) is 1. The van der Waals surface area contributed by atoms with Crippen LogP contribution >= 0.6 is 0 Å². The van der Waals surface area contributed by atoms with Gasteiger partial charge in [0.15, 0.2) is 0 Å². The first-order valence-corrected chi connectivity index (χ1v) is 14.1. The zero-order valence-corrected chi connectivity index (χ0v) is 23.3. The van der Waals surface area contributed by atoms with Gasteiger partial charge in [0.25, 0.3) is 0 Å². The van der Waals surface area contributed by atoms with Gasteiger partial charge in [0.1, 0.15) is 12.6 Å². The molecule has 2 aromatic carbocycles. The minimum atomic E-state index is -0.684. The lowest BCUT2D eigenvalue weighted by atomic mass is 10.1. The highest BCUT2D eigenvalue weighted by Crippen LogP contribution is 2.22. The van der Waals surface area contributed by atoms with Crippen molar-refractivity contribution in [3.8, 4) is 0 Å². The number of hydrogen-bond acceptors (Lipinski definition) is 6. The number of likely N-dealkylation sites (tertiary alicyclic amines) is 1. The molecule has 1 fully saturated rings. The van der Waals surface area contributed by atoms with Crippen LogP contribution in [-0.4, -0.2) is 60.4 Å². The highest BCUT2D eigenvalue weighted by Gasteiger charge is 2.39. The van der Waals surface area contributed by atoms with E-state index in [1.807, 2.05) is 67.6 Å². The number of unbranched alkanes of at least 4 members (excludes halogenated alkanes) is 2. The summed E-state index contributed by atoms with van der Waals surface area (Å²) in [6, 6.07) is 18.5. The molecule has 0 spiro atoms. The molecule has 0 saturated carbocycles. The average molecular weight is 552 g/mol. The molecule has 0 aromatic heterocycles. The van der Waals surface area contributed by atoms with E-state index >= 15 is 0 Å². The second-order valence-electron chi connectivity index (χ2n) is 9.99. The largest absolute Gasteiger partial charge is 0.461 e. The monoisotopic (exact) mass is 551 g/mol. The topological polar surface area (TPSA) is 114 Å². The lowest BCUT2D eigenvalue weighted by Gasteiger charge is -2.24. The number of carbonyl (C=O) groups excluding carboxylic acids is 4. The van der Waals surface area contributed by atoms with Gasteiger partial charge in [-0.2, -0.15) is 0 Å². The number of amides is 3. The van der Waals surface area contributed by atoms with E-state index in [9.17, 15) is 19.2 Å². The molecule has 0 radical (unpaired) electrons. The molecule has 2 aromatic rings. The number of rotatable bonds is 16. The highest BCUT2D eigenvalue weighted by atomic mass is 16.5. The Kier molecular flexibility index (Phi) is 13.2. The first-order valence-electron chi connectivity index (χ1n) is 14.1. The van der Waals surface area contributed by atoms with Gasteiger partial charge in [-0.15, -0.1) is 0 Å². The van der Waals surface area contributed by atoms with Gasteiger partial charge in [0.05, 0.1) is 19.3 Å². The van der Waals surface area contributed by atoms with Gasteiger partial charge >= 0.3 is 5.97 Å². The molecule has 1 aliphatic heterocycles. The molecule has 2 N–H and O–H groups in total. The average Bonchev–Trinajstić information content (AvgIpc) is 3.42. The number of hydrogen-bond donors (Lipinski definition) is 2.